The number of carbonyl (C=O) groups excluding carboxylic acids is 2. The van der Waals surface area contributed by atoms with Crippen molar-refractivity contribution >= 4 is 21.7 Å². The van der Waals surface area contributed by atoms with Crippen molar-refractivity contribution in [2.45, 2.75) is 69.4 Å². The zero-order valence-corrected chi connectivity index (χ0v) is 24.3. The Kier molecular flexibility index (Phi) is 11.7. The number of nitrogens with one attached hydrogen (secondary N) is 1. The molecule has 1 saturated heterocycles. The van der Waals surface area contributed by atoms with Crippen molar-refractivity contribution in [3.63, 3.8) is 0 Å². The van der Waals surface area contributed by atoms with Crippen LogP contribution in [0.3, 0.4) is 0 Å². The molecule has 1 aliphatic heterocycles. The summed E-state index contributed by atoms with van der Waals surface area (Å²) in [5.74, 6) is 0.113. The summed E-state index contributed by atoms with van der Waals surface area (Å²) in [6, 6.07) is 16.9. The lowest BCUT2D eigenvalue weighted by Crippen LogP contribution is -2.48. The second kappa shape index (κ2) is 15.0. The molecule has 0 aromatic heterocycles. The van der Waals surface area contributed by atoms with Crippen molar-refractivity contribution in [1.29, 1.82) is 0 Å². The number of likely N-dealkylation sites (tertiary alicyclic amines) is 1. The predicted octanol–water partition coefficient (Wildman–Crippen LogP) is 4.55. The lowest BCUT2D eigenvalue weighted by molar-refractivity contribution is -0.133. The molecule has 212 valence electrons. The van der Waals surface area contributed by atoms with Crippen LogP contribution in [0.1, 0.15) is 63.1 Å². The van der Waals surface area contributed by atoms with Gasteiger partial charge < -0.3 is 15.1 Å². The molecule has 3 rings (SSSR count). The van der Waals surface area contributed by atoms with Crippen LogP contribution in [-0.4, -0.2) is 68.5 Å². The fourth-order valence-corrected chi connectivity index (χ4v) is 5.78. The molecule has 0 aliphatic carbocycles. The summed E-state index contributed by atoms with van der Waals surface area (Å²) < 4.78 is 23.4. The van der Waals surface area contributed by atoms with Gasteiger partial charge in [0.05, 0.1) is 17.4 Å². The summed E-state index contributed by atoms with van der Waals surface area (Å²) in [6.45, 7) is 7.42. The molecule has 0 bridgehead atoms. The first kappa shape index (κ1) is 30.6. The van der Waals surface area contributed by atoms with Crippen LogP contribution in [0.15, 0.2) is 71.6 Å². The summed E-state index contributed by atoms with van der Waals surface area (Å²) >= 11 is 0. The van der Waals surface area contributed by atoms with Crippen LogP contribution >= 0.6 is 0 Å². The molecule has 1 unspecified atom stereocenters. The number of allylic oxidation sites excluding steroid dienone is 1. The Balaban J connectivity index is 1.52. The van der Waals surface area contributed by atoms with Crippen molar-refractivity contribution in [3.8, 4) is 0 Å². The monoisotopic (exact) mass is 553 g/mol. The minimum atomic E-state index is -3.25. The maximum absolute atomic E-state index is 13.1. The third-order valence-corrected chi connectivity index (χ3v) is 8.47. The summed E-state index contributed by atoms with van der Waals surface area (Å²) in [5.41, 5.74) is 1.94. The van der Waals surface area contributed by atoms with Gasteiger partial charge in [-0.05, 0) is 55.9 Å². The average molecular weight is 554 g/mol. The Hall–Kier alpha value is -2.97. The van der Waals surface area contributed by atoms with E-state index < -0.39 is 9.84 Å². The van der Waals surface area contributed by atoms with Crippen molar-refractivity contribution in [2.75, 3.05) is 32.4 Å². The second-order valence-electron chi connectivity index (χ2n) is 10.2. The fourth-order valence-electron chi connectivity index (χ4n) is 5.15. The maximum atomic E-state index is 13.1. The van der Waals surface area contributed by atoms with Crippen molar-refractivity contribution < 1.29 is 18.0 Å². The molecular weight excluding hydrogens is 510 g/mol. The highest BCUT2D eigenvalue weighted by Crippen LogP contribution is 2.22. The van der Waals surface area contributed by atoms with Crippen LogP contribution in [0.2, 0.25) is 0 Å². The number of rotatable bonds is 13. The Labute approximate surface area is 234 Å². The van der Waals surface area contributed by atoms with E-state index in [9.17, 15) is 18.0 Å². The minimum absolute atomic E-state index is 0.0331. The van der Waals surface area contributed by atoms with Crippen LogP contribution in [0.5, 0.6) is 0 Å². The van der Waals surface area contributed by atoms with E-state index in [1.165, 1.54) is 6.26 Å². The average Bonchev–Trinajstić information content (AvgIpc) is 2.92. The number of hydrogen-bond acceptors (Lipinski definition) is 5. The Morgan fingerprint density at radius 3 is 2.28 bits per heavy atom. The molecule has 1 aliphatic rings. The summed E-state index contributed by atoms with van der Waals surface area (Å²) in [5, 5.41) is 3.21. The van der Waals surface area contributed by atoms with Crippen LogP contribution in [0.4, 0.5) is 0 Å². The van der Waals surface area contributed by atoms with Gasteiger partial charge in [-0.1, -0.05) is 61.5 Å². The third-order valence-electron chi connectivity index (χ3n) is 7.34. The molecule has 0 saturated carbocycles. The molecule has 7 nitrogen and oxygen atoms in total. The quantitative estimate of drug-likeness (QED) is 0.368. The Morgan fingerprint density at radius 2 is 1.69 bits per heavy atom. The Bertz CT molecular complexity index is 1190. The molecule has 1 atom stereocenters. The van der Waals surface area contributed by atoms with Gasteiger partial charge in [-0.15, -0.1) is 0 Å². The zero-order chi connectivity index (χ0) is 28.3. The number of piperidine rings is 1. The van der Waals surface area contributed by atoms with Gasteiger partial charge in [0.1, 0.15) is 0 Å². The highest BCUT2D eigenvalue weighted by atomic mass is 32.2. The van der Waals surface area contributed by atoms with Gasteiger partial charge in [0.15, 0.2) is 9.84 Å². The number of sulfone groups is 1. The lowest BCUT2D eigenvalue weighted by atomic mass is 9.99. The molecule has 39 heavy (non-hydrogen) atoms. The first-order valence-corrected chi connectivity index (χ1v) is 15.9. The van der Waals surface area contributed by atoms with Crippen LogP contribution in [0.25, 0.3) is 0 Å². The molecule has 8 heteroatoms. The summed E-state index contributed by atoms with van der Waals surface area (Å²) in [4.78, 5) is 30.3. The van der Waals surface area contributed by atoms with Gasteiger partial charge in [0.2, 0.25) is 11.8 Å². The highest BCUT2D eigenvalue weighted by molar-refractivity contribution is 7.90. The van der Waals surface area contributed by atoms with Crippen molar-refractivity contribution in [3.05, 3.63) is 77.9 Å². The molecule has 0 spiro atoms. The number of nitrogens with zero attached hydrogens (tertiary/aromatic N) is 2. The maximum Gasteiger partial charge on any atom is 0.227 e. The molecule has 2 aromatic rings. The number of benzene rings is 2. The largest absolute Gasteiger partial charge is 0.349 e. The first-order chi connectivity index (χ1) is 18.7. The van der Waals surface area contributed by atoms with Gasteiger partial charge in [0, 0.05) is 44.9 Å². The van der Waals surface area contributed by atoms with Gasteiger partial charge in [-0.2, -0.15) is 0 Å². The number of carbonyl (C=O) groups is 2. The van der Waals surface area contributed by atoms with Gasteiger partial charge >= 0.3 is 0 Å². The number of hydrogen-bond donors (Lipinski definition) is 1. The molecular formula is C31H43N3O4S. The number of amides is 2. The van der Waals surface area contributed by atoms with Gasteiger partial charge in [-0.3, -0.25) is 9.59 Å². The van der Waals surface area contributed by atoms with Crippen LogP contribution in [0, 0.1) is 0 Å². The van der Waals surface area contributed by atoms with E-state index in [-0.39, 0.29) is 35.2 Å². The fraction of sp³-hybridized carbons (Fsp3) is 0.484. The second-order valence-corrected chi connectivity index (χ2v) is 12.3. The Morgan fingerprint density at radius 1 is 1.03 bits per heavy atom. The van der Waals surface area contributed by atoms with Gasteiger partial charge in [-0.25, -0.2) is 8.42 Å². The lowest BCUT2D eigenvalue weighted by Gasteiger charge is -2.38. The van der Waals surface area contributed by atoms with Gasteiger partial charge in [0.25, 0.3) is 0 Å². The topological polar surface area (TPSA) is 86.8 Å². The number of likely N-dealkylation sites (N-methyl/N-ethyl adjacent to an activating group) is 1. The molecule has 2 aromatic carbocycles. The van der Waals surface area contributed by atoms with E-state index in [0.29, 0.717) is 13.0 Å². The molecule has 1 fully saturated rings. The minimum Gasteiger partial charge on any atom is -0.349 e. The van der Waals surface area contributed by atoms with Crippen LogP contribution < -0.4 is 5.32 Å². The van der Waals surface area contributed by atoms with E-state index in [1.54, 1.807) is 24.3 Å². The normalized spacial score (nSPS) is 15.8. The molecule has 1 heterocycles. The summed E-state index contributed by atoms with van der Waals surface area (Å²) in [6.07, 6.45) is 9.36. The van der Waals surface area contributed by atoms with Crippen molar-refractivity contribution in [1.82, 2.24) is 15.1 Å². The smallest absolute Gasteiger partial charge is 0.227 e. The summed E-state index contributed by atoms with van der Waals surface area (Å²) in [7, 11) is -3.25. The first-order valence-electron chi connectivity index (χ1n) is 14.0. The predicted molar refractivity (Wildman–Crippen MR) is 156 cm³/mol. The van der Waals surface area contributed by atoms with E-state index in [4.69, 9.17) is 0 Å². The third kappa shape index (κ3) is 9.62. The van der Waals surface area contributed by atoms with E-state index in [0.717, 1.165) is 56.4 Å². The van der Waals surface area contributed by atoms with Crippen molar-refractivity contribution in [2.24, 2.45) is 0 Å². The zero-order valence-electron chi connectivity index (χ0n) is 23.5. The van der Waals surface area contributed by atoms with E-state index >= 15 is 0 Å². The highest BCUT2D eigenvalue weighted by Gasteiger charge is 2.27. The molecule has 1 N–H and O–H groups in total. The SMILES string of the molecule is CC/C=C\CC(=O)NC(CCN1CCC(N(CC)C(=O)Cc2ccc(S(C)(=O)=O)cc2)CC1)c1ccccc1. The van der Waals surface area contributed by atoms with Crippen LogP contribution in [-0.2, 0) is 25.8 Å². The molecule has 0 radical (unpaired) electrons. The standard InChI is InChI=1S/C31H43N3O4S/c1-4-6-8-13-30(35)32-29(26-11-9-7-10-12-26)20-23-33-21-18-27(19-22-33)34(5-2)31(36)24-25-14-16-28(17-15-25)39(3,37)38/h6-12,14-17,27,29H,4-5,13,18-24H2,1-3H3,(H,32,35)/b8-6-. The molecule has 2 amide bonds. The van der Waals surface area contributed by atoms with E-state index in [2.05, 4.69) is 29.3 Å². The van der Waals surface area contributed by atoms with E-state index in [1.807, 2.05) is 42.2 Å².